The van der Waals surface area contributed by atoms with Gasteiger partial charge in [0.05, 0.1) is 0 Å². The molecule has 20 heavy (non-hydrogen) atoms. The Morgan fingerprint density at radius 3 is 1.60 bits per heavy atom. The Hall–Kier alpha value is 0.479. The number of rotatable bonds is 15. The van der Waals surface area contributed by atoms with Gasteiger partial charge in [-0.25, -0.2) is 0 Å². The van der Waals surface area contributed by atoms with Crippen LogP contribution >= 0.6 is 0 Å². The van der Waals surface area contributed by atoms with Crippen molar-refractivity contribution in [3.8, 4) is 0 Å². The predicted octanol–water partition coefficient (Wildman–Crippen LogP) is 5.72. The van der Waals surface area contributed by atoms with E-state index in [9.17, 15) is 0 Å². The topological polar surface area (TPSA) is 26.0 Å². The molecule has 0 aromatic carbocycles. The Labute approximate surface area is 134 Å². The van der Waals surface area contributed by atoms with Crippen molar-refractivity contribution in [2.45, 2.75) is 106 Å². The molecule has 0 amide bonds. The van der Waals surface area contributed by atoms with Crippen molar-refractivity contribution < 1.29 is 0 Å². The molecule has 0 spiro atoms. The van der Waals surface area contributed by atoms with Gasteiger partial charge < -0.3 is 0 Å². The third kappa shape index (κ3) is 10.2. The monoisotopic (exact) mass is 347 g/mol. The van der Waals surface area contributed by atoms with E-state index in [0.717, 1.165) is 21.5 Å². The van der Waals surface area contributed by atoms with Crippen molar-refractivity contribution >= 4 is 15.0 Å². The molecular weight excluding hydrogens is 309 g/mol. The van der Waals surface area contributed by atoms with E-state index in [-0.39, 0.29) is 0 Å². The van der Waals surface area contributed by atoms with E-state index in [4.69, 9.17) is 5.73 Å². The zero-order valence-electron chi connectivity index (χ0n) is 13.7. The van der Waals surface area contributed by atoms with Gasteiger partial charge in [-0.05, 0) is 0 Å². The molecule has 0 saturated carbocycles. The van der Waals surface area contributed by atoms with Crippen LogP contribution in [-0.4, -0.2) is 21.5 Å². The second-order valence-corrected chi connectivity index (χ2v) is 9.58. The van der Waals surface area contributed by atoms with Crippen molar-refractivity contribution in [2.24, 2.45) is 5.73 Å². The summed E-state index contributed by atoms with van der Waals surface area (Å²) in [6, 6.07) is 0. The van der Waals surface area contributed by atoms with Crippen LogP contribution in [0.1, 0.15) is 96.8 Å². The average Bonchev–Trinajstić information content (AvgIpc) is 3.20. The molecule has 1 aliphatic rings. The molecule has 1 fully saturated rings. The molecule has 2 N–H and O–H groups in total. The molecule has 120 valence electrons. The molecule has 0 aliphatic carbocycles. The molecule has 0 radical (unpaired) electrons. The van der Waals surface area contributed by atoms with Crippen LogP contribution in [0.2, 0.25) is 9.63 Å². The summed E-state index contributed by atoms with van der Waals surface area (Å²) in [7, 11) is 0. The number of unbranched alkanes of at least 4 members (excludes halogenated alkanes) is 10. The Morgan fingerprint density at radius 2 is 1.10 bits per heavy atom. The fourth-order valence-electron chi connectivity index (χ4n) is 3.01. The predicted molar refractivity (Wildman–Crippen MR) is 92.6 cm³/mol. The van der Waals surface area contributed by atoms with E-state index in [1.54, 1.807) is 12.8 Å². The van der Waals surface area contributed by atoms with Gasteiger partial charge in [-0.3, -0.25) is 0 Å². The molecule has 0 bridgehead atoms. The number of hydrogen-bond donors (Lipinski definition) is 1. The van der Waals surface area contributed by atoms with Gasteiger partial charge in [0.1, 0.15) is 0 Å². The van der Waals surface area contributed by atoms with Gasteiger partial charge in [-0.2, -0.15) is 0 Å². The first kappa shape index (κ1) is 18.5. The molecule has 0 aromatic rings. The van der Waals surface area contributed by atoms with Crippen molar-refractivity contribution in [3.63, 3.8) is 0 Å². The second-order valence-electron chi connectivity index (χ2n) is 6.47. The molecule has 0 aromatic heterocycles. The quantitative estimate of drug-likeness (QED) is 0.298. The van der Waals surface area contributed by atoms with E-state index >= 15 is 0 Å². The van der Waals surface area contributed by atoms with Crippen molar-refractivity contribution in [1.82, 2.24) is 0 Å². The van der Waals surface area contributed by atoms with Crippen LogP contribution in [0.25, 0.3) is 0 Å². The van der Waals surface area contributed by atoms with Gasteiger partial charge >= 0.3 is 134 Å². The molecule has 1 rings (SSSR count). The van der Waals surface area contributed by atoms with E-state index < -0.39 is 0 Å². The fourth-order valence-corrected chi connectivity index (χ4v) is 5.60. The van der Waals surface area contributed by atoms with Crippen LogP contribution in [-0.2, 0) is 0 Å². The first-order valence-electron chi connectivity index (χ1n) is 9.24. The SMILES string of the molecule is CCCCCCCCC1[Se]C1CCCCCCCCN. The van der Waals surface area contributed by atoms with Crippen LogP contribution in [0.4, 0.5) is 0 Å². The van der Waals surface area contributed by atoms with Gasteiger partial charge in [-0.15, -0.1) is 0 Å². The van der Waals surface area contributed by atoms with Crippen LogP contribution in [0.5, 0.6) is 0 Å². The van der Waals surface area contributed by atoms with Gasteiger partial charge in [0.25, 0.3) is 0 Å². The Bertz CT molecular complexity index is 208. The minimum absolute atomic E-state index is 0.880. The minimum atomic E-state index is 0.880. The first-order chi connectivity index (χ1) is 9.88. The molecule has 1 nitrogen and oxygen atoms in total. The summed E-state index contributed by atoms with van der Waals surface area (Å²) in [5.74, 6) is 0. The summed E-state index contributed by atoms with van der Waals surface area (Å²) in [5, 5.41) is 0. The van der Waals surface area contributed by atoms with Crippen LogP contribution in [0, 0.1) is 0 Å². The zero-order valence-corrected chi connectivity index (χ0v) is 15.5. The molecule has 1 aliphatic heterocycles. The zero-order chi connectivity index (χ0) is 14.5. The Balaban J connectivity index is 1.75. The Morgan fingerprint density at radius 1 is 0.650 bits per heavy atom. The summed E-state index contributed by atoms with van der Waals surface area (Å²) >= 11 is 1.03. The third-order valence-corrected chi connectivity index (χ3v) is 7.65. The van der Waals surface area contributed by atoms with Crippen LogP contribution in [0.15, 0.2) is 0 Å². The summed E-state index contributed by atoms with van der Waals surface area (Å²) < 4.78 is 0. The summed E-state index contributed by atoms with van der Waals surface area (Å²) in [6.07, 6.45) is 20.3. The molecule has 2 heteroatoms. The van der Waals surface area contributed by atoms with Gasteiger partial charge in [0.15, 0.2) is 0 Å². The van der Waals surface area contributed by atoms with Crippen molar-refractivity contribution in [1.29, 1.82) is 0 Å². The van der Waals surface area contributed by atoms with E-state index in [1.807, 2.05) is 0 Å². The molecular formula is C18H37NSe. The average molecular weight is 346 g/mol. The second kappa shape index (κ2) is 13.2. The fraction of sp³-hybridized carbons (Fsp3) is 1.00. The van der Waals surface area contributed by atoms with Crippen LogP contribution in [0.3, 0.4) is 0 Å². The number of nitrogens with two attached hydrogens (primary N) is 1. The molecule has 1 heterocycles. The van der Waals surface area contributed by atoms with Gasteiger partial charge in [0.2, 0.25) is 0 Å². The maximum absolute atomic E-state index is 5.51. The van der Waals surface area contributed by atoms with Crippen molar-refractivity contribution in [2.75, 3.05) is 6.54 Å². The summed E-state index contributed by atoms with van der Waals surface area (Å²) in [4.78, 5) is 2.37. The standard InChI is InChI=1S/C18H37NSe/c1-2-3-4-5-8-11-14-17-18(20-17)15-12-9-6-7-10-13-16-19/h17-18H,2-16,19H2,1H3. The summed E-state index contributed by atoms with van der Waals surface area (Å²) in [5.41, 5.74) is 5.51. The van der Waals surface area contributed by atoms with Crippen LogP contribution < -0.4 is 5.73 Å². The van der Waals surface area contributed by atoms with E-state index in [1.165, 1.54) is 86.7 Å². The molecule has 2 unspecified atom stereocenters. The number of hydrogen-bond acceptors (Lipinski definition) is 1. The third-order valence-electron chi connectivity index (χ3n) is 4.47. The first-order valence-corrected chi connectivity index (χ1v) is 11.2. The normalized spacial score (nSPS) is 21.3. The Kier molecular flexibility index (Phi) is 12.2. The van der Waals surface area contributed by atoms with E-state index in [0.29, 0.717) is 0 Å². The van der Waals surface area contributed by atoms with Crippen molar-refractivity contribution in [3.05, 3.63) is 0 Å². The summed E-state index contributed by atoms with van der Waals surface area (Å²) in [6.45, 7) is 3.18. The maximum atomic E-state index is 5.51. The van der Waals surface area contributed by atoms with Gasteiger partial charge in [-0.1, -0.05) is 0 Å². The molecule has 2 atom stereocenters. The van der Waals surface area contributed by atoms with Gasteiger partial charge in [0, 0.05) is 0 Å². The van der Waals surface area contributed by atoms with E-state index in [2.05, 4.69) is 6.92 Å². The molecule has 1 saturated heterocycles.